The van der Waals surface area contributed by atoms with E-state index in [9.17, 15) is 14.4 Å². The van der Waals surface area contributed by atoms with Crippen molar-refractivity contribution in [3.8, 4) is 0 Å². The molecule has 0 spiro atoms. The molecule has 0 bridgehead atoms. The minimum absolute atomic E-state index is 0.0316. The lowest BCUT2D eigenvalue weighted by Crippen LogP contribution is -2.41. The van der Waals surface area contributed by atoms with Gasteiger partial charge in [-0.05, 0) is 45.6 Å². The van der Waals surface area contributed by atoms with Crippen LogP contribution in [0.25, 0.3) is 0 Å². The summed E-state index contributed by atoms with van der Waals surface area (Å²) in [5.74, 6) is -1.55. The topological polar surface area (TPSA) is 81.7 Å². The van der Waals surface area contributed by atoms with Crippen LogP contribution in [0.15, 0.2) is 42.5 Å². The van der Waals surface area contributed by atoms with E-state index in [4.69, 9.17) is 9.47 Å². The highest BCUT2D eigenvalue weighted by Gasteiger charge is 2.27. The van der Waals surface area contributed by atoms with E-state index in [1.165, 1.54) is 0 Å². The van der Waals surface area contributed by atoms with Crippen molar-refractivity contribution in [2.45, 2.75) is 64.5 Å². The third kappa shape index (κ3) is 8.94. The number of esters is 2. The normalized spacial score (nSPS) is 22.4. The zero-order chi connectivity index (χ0) is 21.3. The van der Waals surface area contributed by atoms with E-state index >= 15 is 0 Å². The summed E-state index contributed by atoms with van der Waals surface area (Å²) in [6.07, 6.45) is 5.55. The van der Waals surface area contributed by atoms with Gasteiger partial charge in [0.2, 0.25) is 5.91 Å². The van der Waals surface area contributed by atoms with Crippen molar-refractivity contribution in [2.75, 3.05) is 6.61 Å². The van der Waals surface area contributed by atoms with Crippen LogP contribution in [0.5, 0.6) is 0 Å². The summed E-state index contributed by atoms with van der Waals surface area (Å²) in [6.45, 7) is 5.44. The number of carbonyl (C=O) groups is 3. The third-order valence-electron chi connectivity index (χ3n) is 4.41. The van der Waals surface area contributed by atoms with Gasteiger partial charge in [0.05, 0.1) is 18.4 Å². The highest BCUT2D eigenvalue weighted by Crippen LogP contribution is 2.18. The van der Waals surface area contributed by atoms with Gasteiger partial charge in [-0.25, -0.2) is 0 Å². The fourth-order valence-corrected chi connectivity index (χ4v) is 3.09. The van der Waals surface area contributed by atoms with Crippen LogP contribution in [0, 0.1) is 5.92 Å². The summed E-state index contributed by atoms with van der Waals surface area (Å²) >= 11 is 0. The Labute approximate surface area is 172 Å². The van der Waals surface area contributed by atoms with Crippen LogP contribution in [-0.4, -0.2) is 36.1 Å². The van der Waals surface area contributed by atoms with Gasteiger partial charge in [-0.15, -0.1) is 0 Å². The van der Waals surface area contributed by atoms with Crippen molar-refractivity contribution in [3.05, 3.63) is 48.0 Å². The molecule has 6 heteroatoms. The number of benzene rings is 1. The molecule has 0 saturated carbocycles. The van der Waals surface area contributed by atoms with E-state index in [-0.39, 0.29) is 25.0 Å². The van der Waals surface area contributed by atoms with Crippen LogP contribution in [0.1, 0.15) is 52.0 Å². The van der Waals surface area contributed by atoms with Gasteiger partial charge < -0.3 is 14.8 Å². The van der Waals surface area contributed by atoms with Gasteiger partial charge in [0, 0.05) is 6.42 Å². The zero-order valence-electron chi connectivity index (χ0n) is 17.5. The Kier molecular flexibility index (Phi) is 8.43. The van der Waals surface area contributed by atoms with E-state index in [2.05, 4.69) is 5.32 Å². The lowest BCUT2D eigenvalue weighted by molar-refractivity contribution is -0.161. The number of ether oxygens (including phenoxy) is 2. The Hall–Kier alpha value is -2.63. The number of rotatable bonds is 4. The van der Waals surface area contributed by atoms with Crippen LogP contribution in [0.4, 0.5) is 0 Å². The molecule has 0 fully saturated rings. The van der Waals surface area contributed by atoms with Gasteiger partial charge in [0.15, 0.2) is 0 Å². The number of carbonyl (C=O) groups excluding carboxylic acids is 3. The Balaban J connectivity index is 2.06. The van der Waals surface area contributed by atoms with Crippen LogP contribution < -0.4 is 5.32 Å². The first kappa shape index (κ1) is 22.7. The molecular weight excluding hydrogens is 370 g/mol. The molecule has 158 valence electrons. The SMILES string of the molecule is CC(C)(C)OC(=O)C[C@@H]1C/C=C/CCC(=O)N[C@H](Cc2ccccc2)COC1=O. The molecule has 1 heterocycles. The molecular formula is C23H31NO5. The molecule has 1 N–H and O–H groups in total. The zero-order valence-corrected chi connectivity index (χ0v) is 17.5. The molecule has 0 aliphatic carbocycles. The average Bonchev–Trinajstić information content (AvgIpc) is 2.63. The Morgan fingerprint density at radius 3 is 2.59 bits per heavy atom. The quantitative estimate of drug-likeness (QED) is 0.618. The lowest BCUT2D eigenvalue weighted by atomic mass is 10.00. The van der Waals surface area contributed by atoms with Gasteiger partial charge in [0.1, 0.15) is 12.2 Å². The molecule has 6 nitrogen and oxygen atoms in total. The van der Waals surface area contributed by atoms with Gasteiger partial charge in [-0.1, -0.05) is 42.5 Å². The fourth-order valence-electron chi connectivity index (χ4n) is 3.09. The summed E-state index contributed by atoms with van der Waals surface area (Å²) < 4.78 is 10.8. The highest BCUT2D eigenvalue weighted by molar-refractivity contribution is 5.80. The van der Waals surface area contributed by atoms with Gasteiger partial charge in [-0.2, -0.15) is 0 Å². The second-order valence-electron chi connectivity index (χ2n) is 8.32. The fraction of sp³-hybridized carbons (Fsp3) is 0.522. The second kappa shape index (κ2) is 10.8. The predicted molar refractivity (Wildman–Crippen MR) is 110 cm³/mol. The van der Waals surface area contributed by atoms with Gasteiger partial charge in [0.25, 0.3) is 0 Å². The maximum atomic E-state index is 12.6. The second-order valence-corrected chi connectivity index (χ2v) is 8.32. The minimum Gasteiger partial charge on any atom is -0.463 e. The van der Waals surface area contributed by atoms with Crippen LogP contribution in [-0.2, 0) is 30.3 Å². The van der Waals surface area contributed by atoms with Gasteiger partial charge in [-0.3, -0.25) is 14.4 Å². The first-order chi connectivity index (χ1) is 13.7. The number of hydrogen-bond acceptors (Lipinski definition) is 5. The summed E-state index contributed by atoms with van der Waals surface area (Å²) in [5.41, 5.74) is 0.443. The molecule has 2 atom stereocenters. The van der Waals surface area contributed by atoms with E-state index in [1.54, 1.807) is 20.8 Å². The number of cyclic esters (lactones) is 1. The number of hydrogen-bond donors (Lipinski definition) is 1. The smallest absolute Gasteiger partial charge is 0.309 e. The number of nitrogens with one attached hydrogen (secondary N) is 1. The van der Waals surface area contributed by atoms with Crippen LogP contribution in [0.3, 0.4) is 0 Å². The van der Waals surface area contributed by atoms with Crippen LogP contribution in [0.2, 0.25) is 0 Å². The highest BCUT2D eigenvalue weighted by atomic mass is 16.6. The first-order valence-corrected chi connectivity index (χ1v) is 10.1. The molecule has 0 aromatic heterocycles. The first-order valence-electron chi connectivity index (χ1n) is 10.1. The van der Waals surface area contributed by atoms with E-state index < -0.39 is 23.5 Å². The molecule has 1 aromatic rings. The van der Waals surface area contributed by atoms with E-state index in [0.29, 0.717) is 25.7 Å². The van der Waals surface area contributed by atoms with Gasteiger partial charge >= 0.3 is 11.9 Å². The standard InChI is InChI=1S/C23H31NO5/c1-23(2,3)29-21(26)15-18-12-8-5-9-13-20(25)24-19(16-28-22(18)27)14-17-10-6-4-7-11-17/h4-8,10-11,18-19H,9,12-16H2,1-3H3,(H,24,25)/b8-5+/t18-,19+/m0/s1. The molecule has 1 amide bonds. The van der Waals surface area contributed by atoms with Crippen molar-refractivity contribution in [3.63, 3.8) is 0 Å². The molecule has 2 rings (SSSR count). The maximum absolute atomic E-state index is 12.6. The van der Waals surface area contributed by atoms with E-state index in [0.717, 1.165) is 5.56 Å². The predicted octanol–water partition coefficient (Wildman–Crippen LogP) is 3.35. The molecule has 1 aliphatic rings. The molecule has 0 radical (unpaired) electrons. The molecule has 29 heavy (non-hydrogen) atoms. The molecule has 1 aliphatic heterocycles. The largest absolute Gasteiger partial charge is 0.463 e. The van der Waals surface area contributed by atoms with Crippen molar-refractivity contribution in [1.29, 1.82) is 0 Å². The van der Waals surface area contributed by atoms with Crippen molar-refractivity contribution in [2.24, 2.45) is 5.92 Å². The molecule has 0 saturated heterocycles. The van der Waals surface area contributed by atoms with Crippen molar-refractivity contribution < 1.29 is 23.9 Å². The van der Waals surface area contributed by atoms with E-state index in [1.807, 2.05) is 42.5 Å². The van der Waals surface area contributed by atoms with Crippen molar-refractivity contribution in [1.82, 2.24) is 5.32 Å². The molecule has 1 aromatic carbocycles. The number of allylic oxidation sites excluding steroid dienone is 2. The number of amides is 1. The summed E-state index contributed by atoms with van der Waals surface area (Å²) in [5, 5.41) is 2.95. The Morgan fingerprint density at radius 2 is 1.90 bits per heavy atom. The van der Waals surface area contributed by atoms with Crippen molar-refractivity contribution >= 4 is 17.8 Å². The lowest BCUT2D eigenvalue weighted by Gasteiger charge is -2.23. The Bertz CT molecular complexity index is 721. The third-order valence-corrected chi connectivity index (χ3v) is 4.41. The monoisotopic (exact) mass is 401 g/mol. The average molecular weight is 402 g/mol. The van der Waals surface area contributed by atoms with Crippen LogP contribution >= 0.6 is 0 Å². The minimum atomic E-state index is -0.604. The summed E-state index contributed by atoms with van der Waals surface area (Å²) in [7, 11) is 0. The maximum Gasteiger partial charge on any atom is 0.309 e. The Morgan fingerprint density at radius 1 is 1.17 bits per heavy atom. The summed E-state index contributed by atoms with van der Waals surface area (Å²) in [6, 6.07) is 9.41. The summed E-state index contributed by atoms with van der Waals surface area (Å²) in [4.78, 5) is 37.0. The molecule has 0 unspecified atom stereocenters.